The van der Waals surface area contributed by atoms with E-state index in [4.69, 9.17) is 4.74 Å². The van der Waals surface area contributed by atoms with Crippen molar-refractivity contribution in [1.82, 2.24) is 14.5 Å². The molecule has 1 heterocycles. The highest BCUT2D eigenvalue weighted by atomic mass is 32.2. The molecule has 0 radical (unpaired) electrons. The maximum atomic E-state index is 13.9. The normalized spacial score (nSPS) is 15.0. The van der Waals surface area contributed by atoms with E-state index in [1.807, 2.05) is 6.07 Å². The maximum Gasteiger partial charge on any atom is 0.253 e. The van der Waals surface area contributed by atoms with Crippen LogP contribution in [-0.4, -0.2) is 64.0 Å². The van der Waals surface area contributed by atoms with Gasteiger partial charge in [-0.1, -0.05) is 12.1 Å². The Morgan fingerprint density at radius 3 is 2.42 bits per heavy atom. The molecule has 9 heteroatoms. The Kier molecular flexibility index (Phi) is 7.42. The molecule has 7 nitrogen and oxygen atoms in total. The average Bonchev–Trinajstić information content (AvgIpc) is 2.78. The molecule has 31 heavy (non-hydrogen) atoms. The molecule has 1 N–H and O–H groups in total. The molecule has 0 aliphatic carbocycles. The molecule has 3 rings (SSSR count). The number of benzene rings is 2. The summed E-state index contributed by atoms with van der Waals surface area (Å²) >= 11 is 0. The van der Waals surface area contributed by atoms with Crippen LogP contribution >= 0.6 is 0 Å². The summed E-state index contributed by atoms with van der Waals surface area (Å²) in [5, 5.41) is 0. The van der Waals surface area contributed by atoms with E-state index in [0.717, 1.165) is 5.56 Å². The van der Waals surface area contributed by atoms with E-state index in [1.54, 1.807) is 11.0 Å². The summed E-state index contributed by atoms with van der Waals surface area (Å²) in [5.41, 5.74) is 1.29. The first-order valence-electron chi connectivity index (χ1n) is 9.88. The standard InChI is InChI=1S/C22H26FN3O4S/c1-3-10-24-31(28,29)19-7-5-18(6-8-19)22(27)26-13-11-25(12-14-26)16-17-4-9-21(30-2)20(23)15-17/h3-9,15,24H,1,10-14,16H2,2H3. The molecular weight excluding hydrogens is 421 g/mol. The van der Waals surface area contributed by atoms with Crippen molar-refractivity contribution in [1.29, 1.82) is 0 Å². The van der Waals surface area contributed by atoms with Gasteiger partial charge in [0.2, 0.25) is 10.0 Å². The molecule has 1 saturated heterocycles. The summed E-state index contributed by atoms with van der Waals surface area (Å²) in [6, 6.07) is 10.8. The topological polar surface area (TPSA) is 79.0 Å². The molecule has 1 aliphatic rings. The van der Waals surface area contributed by atoms with Crippen LogP contribution in [0.15, 0.2) is 60.0 Å². The van der Waals surface area contributed by atoms with Crippen LogP contribution in [0.2, 0.25) is 0 Å². The molecule has 0 unspecified atom stereocenters. The first-order valence-corrected chi connectivity index (χ1v) is 11.4. The Morgan fingerprint density at radius 1 is 1.16 bits per heavy atom. The Hall–Kier alpha value is -2.75. The Balaban J connectivity index is 1.56. The van der Waals surface area contributed by atoms with E-state index in [-0.39, 0.29) is 28.9 Å². The Morgan fingerprint density at radius 2 is 1.84 bits per heavy atom. The predicted octanol–water partition coefficient (Wildman–Crippen LogP) is 2.26. The van der Waals surface area contributed by atoms with Crippen LogP contribution in [0.5, 0.6) is 5.75 Å². The molecule has 0 aromatic heterocycles. The minimum absolute atomic E-state index is 0.0995. The lowest BCUT2D eigenvalue weighted by Crippen LogP contribution is -2.48. The Labute approximate surface area is 182 Å². The summed E-state index contributed by atoms with van der Waals surface area (Å²) in [6.45, 7) is 6.62. The van der Waals surface area contributed by atoms with Crippen LogP contribution < -0.4 is 9.46 Å². The number of sulfonamides is 1. The van der Waals surface area contributed by atoms with Gasteiger partial charge in [-0.2, -0.15) is 0 Å². The van der Waals surface area contributed by atoms with Crippen molar-refractivity contribution in [2.45, 2.75) is 11.4 Å². The van der Waals surface area contributed by atoms with Gasteiger partial charge in [-0.15, -0.1) is 6.58 Å². The lowest BCUT2D eigenvalue weighted by molar-refractivity contribution is 0.0628. The van der Waals surface area contributed by atoms with Gasteiger partial charge in [0.25, 0.3) is 5.91 Å². The zero-order valence-electron chi connectivity index (χ0n) is 17.4. The number of nitrogens with one attached hydrogen (secondary N) is 1. The van der Waals surface area contributed by atoms with Crippen LogP contribution in [0.25, 0.3) is 0 Å². The van der Waals surface area contributed by atoms with Crippen molar-refractivity contribution in [2.24, 2.45) is 0 Å². The number of piperazine rings is 1. The van der Waals surface area contributed by atoms with E-state index in [0.29, 0.717) is 38.3 Å². The van der Waals surface area contributed by atoms with E-state index in [9.17, 15) is 17.6 Å². The molecule has 2 aromatic rings. The SMILES string of the molecule is C=CCNS(=O)(=O)c1ccc(C(=O)N2CCN(Cc3ccc(OC)c(F)c3)CC2)cc1. The van der Waals surface area contributed by atoms with Crippen molar-refractivity contribution < 1.29 is 22.3 Å². The highest BCUT2D eigenvalue weighted by Gasteiger charge is 2.23. The van der Waals surface area contributed by atoms with Crippen LogP contribution in [0.4, 0.5) is 4.39 Å². The molecule has 0 bridgehead atoms. The molecular formula is C22H26FN3O4S. The number of rotatable bonds is 8. The molecule has 0 spiro atoms. The molecule has 1 amide bonds. The number of ether oxygens (including phenoxy) is 1. The predicted molar refractivity (Wildman–Crippen MR) is 116 cm³/mol. The number of nitrogens with zero attached hydrogens (tertiary/aromatic N) is 2. The fourth-order valence-electron chi connectivity index (χ4n) is 3.39. The molecule has 0 atom stereocenters. The fourth-order valence-corrected chi connectivity index (χ4v) is 4.39. The van der Waals surface area contributed by atoms with Crippen molar-refractivity contribution in [3.63, 3.8) is 0 Å². The zero-order valence-corrected chi connectivity index (χ0v) is 18.2. The molecule has 1 fully saturated rings. The van der Waals surface area contributed by atoms with Gasteiger partial charge in [0.15, 0.2) is 11.6 Å². The Bertz CT molecular complexity index is 1030. The van der Waals surface area contributed by atoms with E-state index in [2.05, 4.69) is 16.2 Å². The van der Waals surface area contributed by atoms with Gasteiger partial charge < -0.3 is 9.64 Å². The monoisotopic (exact) mass is 447 g/mol. The number of carbonyl (C=O) groups excluding carboxylic acids is 1. The van der Waals surface area contributed by atoms with E-state index < -0.39 is 10.0 Å². The van der Waals surface area contributed by atoms with Gasteiger partial charge in [0, 0.05) is 44.8 Å². The second kappa shape index (κ2) is 10.0. The van der Waals surface area contributed by atoms with Gasteiger partial charge in [-0.05, 0) is 42.0 Å². The molecule has 2 aromatic carbocycles. The number of hydrogen-bond acceptors (Lipinski definition) is 5. The van der Waals surface area contributed by atoms with Gasteiger partial charge in [0.05, 0.1) is 12.0 Å². The molecule has 1 aliphatic heterocycles. The minimum atomic E-state index is -3.62. The second-order valence-electron chi connectivity index (χ2n) is 7.20. The number of halogens is 1. The zero-order chi connectivity index (χ0) is 22.4. The second-order valence-corrected chi connectivity index (χ2v) is 8.97. The molecule has 166 valence electrons. The lowest BCUT2D eigenvalue weighted by atomic mass is 10.1. The van der Waals surface area contributed by atoms with Crippen molar-refractivity contribution in [3.8, 4) is 5.75 Å². The summed E-state index contributed by atoms with van der Waals surface area (Å²) in [5.74, 6) is -0.313. The smallest absolute Gasteiger partial charge is 0.253 e. The van der Waals surface area contributed by atoms with Gasteiger partial charge in [-0.3, -0.25) is 9.69 Å². The summed E-state index contributed by atoms with van der Waals surface area (Å²) in [6.07, 6.45) is 1.46. The third-order valence-electron chi connectivity index (χ3n) is 5.11. The first kappa shape index (κ1) is 22.9. The van der Waals surface area contributed by atoms with E-state index in [1.165, 1.54) is 43.5 Å². The number of methoxy groups -OCH3 is 1. The van der Waals surface area contributed by atoms with Gasteiger partial charge in [0.1, 0.15) is 0 Å². The summed E-state index contributed by atoms with van der Waals surface area (Å²) in [7, 11) is -2.19. The van der Waals surface area contributed by atoms with Crippen molar-refractivity contribution >= 4 is 15.9 Å². The third-order valence-corrected chi connectivity index (χ3v) is 6.55. The number of carbonyl (C=O) groups is 1. The van der Waals surface area contributed by atoms with Crippen LogP contribution in [-0.2, 0) is 16.6 Å². The van der Waals surface area contributed by atoms with Crippen LogP contribution in [0, 0.1) is 5.82 Å². The third kappa shape index (κ3) is 5.69. The van der Waals surface area contributed by atoms with Crippen LogP contribution in [0.1, 0.15) is 15.9 Å². The average molecular weight is 448 g/mol. The number of amides is 1. The molecule has 0 saturated carbocycles. The highest BCUT2D eigenvalue weighted by Crippen LogP contribution is 2.20. The minimum Gasteiger partial charge on any atom is -0.494 e. The number of hydrogen-bond donors (Lipinski definition) is 1. The van der Waals surface area contributed by atoms with Gasteiger partial charge >= 0.3 is 0 Å². The quantitative estimate of drug-likeness (QED) is 0.628. The first-order chi connectivity index (χ1) is 14.8. The van der Waals surface area contributed by atoms with E-state index >= 15 is 0 Å². The lowest BCUT2D eigenvalue weighted by Gasteiger charge is -2.34. The van der Waals surface area contributed by atoms with Gasteiger partial charge in [-0.25, -0.2) is 17.5 Å². The highest BCUT2D eigenvalue weighted by molar-refractivity contribution is 7.89. The summed E-state index contributed by atoms with van der Waals surface area (Å²) < 4.78 is 45.5. The van der Waals surface area contributed by atoms with Crippen LogP contribution in [0.3, 0.4) is 0 Å². The fraction of sp³-hybridized carbons (Fsp3) is 0.318. The maximum absolute atomic E-state index is 13.9. The largest absolute Gasteiger partial charge is 0.494 e. The van der Waals surface area contributed by atoms with Crippen molar-refractivity contribution in [3.05, 3.63) is 72.1 Å². The summed E-state index contributed by atoms with van der Waals surface area (Å²) in [4.78, 5) is 16.8. The van der Waals surface area contributed by atoms with Crippen molar-refractivity contribution in [2.75, 3.05) is 39.8 Å².